The molecule has 0 atom stereocenters. The minimum atomic E-state index is -0.214. The van der Waals surface area contributed by atoms with E-state index in [0.717, 1.165) is 5.75 Å². The largest absolute Gasteiger partial charge is 0.493 e. The minimum Gasteiger partial charge on any atom is -0.493 e. The van der Waals surface area contributed by atoms with E-state index in [4.69, 9.17) is 10.5 Å². The number of thioether (sulfide) groups is 1. The van der Waals surface area contributed by atoms with Crippen LogP contribution in [0.3, 0.4) is 0 Å². The first-order valence-corrected chi connectivity index (χ1v) is 6.38. The Labute approximate surface area is 108 Å². The second-order valence-corrected chi connectivity index (χ2v) is 4.70. The number of nitrogens with one attached hydrogen (secondary N) is 1. The number of nitrogens with two attached hydrogens (primary N) is 1. The van der Waals surface area contributed by atoms with Crippen LogP contribution in [-0.2, 0) is 7.05 Å². The summed E-state index contributed by atoms with van der Waals surface area (Å²) in [6.45, 7) is 0.523. The van der Waals surface area contributed by atoms with E-state index in [1.807, 2.05) is 12.1 Å². The molecule has 0 unspecified atom stereocenters. The van der Waals surface area contributed by atoms with Crippen LogP contribution in [0.1, 0.15) is 0 Å². The lowest BCUT2D eigenvalue weighted by molar-refractivity contribution is 0.344. The fraction of sp³-hybridized carbons (Fsp3) is 0.273. The maximum Gasteiger partial charge on any atom is 0.343 e. The predicted octanol–water partition coefficient (Wildman–Crippen LogP) is 0.862. The van der Waals surface area contributed by atoms with Crippen molar-refractivity contribution in [2.45, 2.75) is 5.16 Å². The number of rotatable bonds is 5. The number of benzene rings is 1. The van der Waals surface area contributed by atoms with Gasteiger partial charge < -0.3 is 10.5 Å². The Balaban J connectivity index is 1.80. The van der Waals surface area contributed by atoms with Crippen molar-refractivity contribution in [3.8, 4) is 5.75 Å². The summed E-state index contributed by atoms with van der Waals surface area (Å²) < 4.78 is 6.99. The zero-order valence-corrected chi connectivity index (χ0v) is 10.7. The van der Waals surface area contributed by atoms with Gasteiger partial charge in [-0.25, -0.2) is 9.89 Å². The average molecular weight is 266 g/mol. The Morgan fingerprint density at radius 3 is 3.06 bits per heavy atom. The van der Waals surface area contributed by atoms with Crippen molar-refractivity contribution < 1.29 is 4.74 Å². The van der Waals surface area contributed by atoms with E-state index in [2.05, 4.69) is 10.2 Å². The van der Waals surface area contributed by atoms with Gasteiger partial charge in [0, 0.05) is 24.6 Å². The molecule has 0 aliphatic carbocycles. The Hall–Kier alpha value is -1.89. The van der Waals surface area contributed by atoms with Crippen LogP contribution in [0.25, 0.3) is 0 Å². The molecule has 6 nitrogen and oxygen atoms in total. The molecule has 0 spiro atoms. The molecule has 0 aliphatic heterocycles. The second-order valence-electron chi connectivity index (χ2n) is 3.64. The van der Waals surface area contributed by atoms with Crippen LogP contribution in [0.2, 0.25) is 0 Å². The number of hydrogen-bond donors (Lipinski definition) is 2. The standard InChI is InChI=1S/C11H14N4O2S/c1-15-10(16)13-14-11(15)18-6-5-17-9-4-2-3-8(12)7-9/h2-4,7H,5-6,12H2,1H3,(H,13,16). The van der Waals surface area contributed by atoms with Crippen molar-refractivity contribution in [2.24, 2.45) is 7.05 Å². The normalized spacial score (nSPS) is 10.5. The van der Waals surface area contributed by atoms with E-state index in [1.54, 1.807) is 19.2 Å². The number of anilines is 1. The number of aromatic amines is 1. The summed E-state index contributed by atoms with van der Waals surface area (Å²) in [6.07, 6.45) is 0. The molecule has 18 heavy (non-hydrogen) atoms. The molecule has 2 aromatic rings. The van der Waals surface area contributed by atoms with Gasteiger partial charge in [0.15, 0.2) is 5.16 Å². The summed E-state index contributed by atoms with van der Waals surface area (Å²) in [6, 6.07) is 7.27. The molecule has 0 saturated carbocycles. The molecule has 3 N–H and O–H groups in total. The summed E-state index contributed by atoms with van der Waals surface area (Å²) >= 11 is 1.46. The van der Waals surface area contributed by atoms with Gasteiger partial charge in [0.1, 0.15) is 5.75 Å². The van der Waals surface area contributed by atoms with Crippen molar-refractivity contribution in [1.29, 1.82) is 0 Å². The molecule has 7 heteroatoms. The molecule has 1 aromatic carbocycles. The predicted molar refractivity (Wildman–Crippen MR) is 70.9 cm³/mol. The molecule has 96 valence electrons. The lowest BCUT2D eigenvalue weighted by atomic mass is 10.3. The molecule has 0 aliphatic rings. The van der Waals surface area contributed by atoms with Crippen molar-refractivity contribution in [3.63, 3.8) is 0 Å². The van der Waals surface area contributed by atoms with Gasteiger partial charge >= 0.3 is 5.69 Å². The van der Waals surface area contributed by atoms with E-state index >= 15 is 0 Å². The van der Waals surface area contributed by atoms with Crippen LogP contribution in [0.15, 0.2) is 34.2 Å². The summed E-state index contributed by atoms with van der Waals surface area (Å²) in [5.74, 6) is 1.44. The van der Waals surface area contributed by atoms with Crippen molar-refractivity contribution in [1.82, 2.24) is 14.8 Å². The number of nitrogens with zero attached hydrogens (tertiary/aromatic N) is 2. The van der Waals surface area contributed by atoms with Crippen LogP contribution >= 0.6 is 11.8 Å². The van der Waals surface area contributed by atoms with Gasteiger partial charge in [0.25, 0.3) is 0 Å². The third-order valence-electron chi connectivity index (χ3n) is 2.28. The number of H-pyrrole nitrogens is 1. The number of nitrogen functional groups attached to an aromatic ring is 1. The highest BCUT2D eigenvalue weighted by Gasteiger charge is 2.04. The fourth-order valence-electron chi connectivity index (χ4n) is 1.36. The number of aromatic nitrogens is 3. The Bertz CT molecular complexity index is 578. The topological polar surface area (TPSA) is 85.9 Å². The van der Waals surface area contributed by atoms with Crippen LogP contribution < -0.4 is 16.2 Å². The number of ether oxygens (including phenoxy) is 1. The van der Waals surface area contributed by atoms with E-state index in [9.17, 15) is 4.79 Å². The fourth-order valence-corrected chi connectivity index (χ4v) is 2.09. The van der Waals surface area contributed by atoms with E-state index in [-0.39, 0.29) is 5.69 Å². The van der Waals surface area contributed by atoms with Gasteiger partial charge in [-0.3, -0.25) is 4.57 Å². The highest BCUT2D eigenvalue weighted by molar-refractivity contribution is 7.99. The molecular formula is C11H14N4O2S. The molecular weight excluding hydrogens is 252 g/mol. The number of hydrogen-bond acceptors (Lipinski definition) is 5. The quantitative estimate of drug-likeness (QED) is 0.476. The van der Waals surface area contributed by atoms with Crippen molar-refractivity contribution >= 4 is 17.4 Å². The molecule has 0 bridgehead atoms. The first-order chi connectivity index (χ1) is 8.66. The lowest BCUT2D eigenvalue weighted by Gasteiger charge is -2.05. The summed E-state index contributed by atoms with van der Waals surface area (Å²) in [4.78, 5) is 11.1. The third-order valence-corrected chi connectivity index (χ3v) is 3.27. The van der Waals surface area contributed by atoms with Crippen molar-refractivity contribution in [3.05, 3.63) is 34.7 Å². The molecule has 1 heterocycles. The van der Waals surface area contributed by atoms with Crippen molar-refractivity contribution in [2.75, 3.05) is 18.1 Å². The van der Waals surface area contributed by atoms with Crippen LogP contribution in [0, 0.1) is 0 Å². The van der Waals surface area contributed by atoms with Crippen LogP contribution in [0.4, 0.5) is 5.69 Å². The van der Waals surface area contributed by atoms with Gasteiger partial charge in [-0.1, -0.05) is 17.8 Å². The minimum absolute atomic E-state index is 0.214. The maximum absolute atomic E-state index is 11.1. The zero-order valence-electron chi connectivity index (χ0n) is 9.92. The SMILES string of the molecule is Cn1c(SCCOc2cccc(N)c2)n[nH]c1=O. The Kier molecular flexibility index (Phi) is 3.93. The van der Waals surface area contributed by atoms with Gasteiger partial charge in [0.05, 0.1) is 6.61 Å². The first-order valence-electron chi connectivity index (χ1n) is 5.39. The summed E-state index contributed by atoms with van der Waals surface area (Å²) in [7, 11) is 1.67. The van der Waals surface area contributed by atoms with Crippen LogP contribution in [-0.4, -0.2) is 27.1 Å². The van der Waals surface area contributed by atoms with Gasteiger partial charge in [-0.15, -0.1) is 5.10 Å². The first kappa shape index (κ1) is 12.6. The second kappa shape index (κ2) is 5.63. The summed E-state index contributed by atoms with van der Waals surface area (Å²) in [5, 5.41) is 6.92. The molecule has 0 amide bonds. The van der Waals surface area contributed by atoms with Gasteiger partial charge in [0.2, 0.25) is 0 Å². The van der Waals surface area contributed by atoms with E-state index in [1.165, 1.54) is 16.3 Å². The average Bonchev–Trinajstić information content (AvgIpc) is 2.66. The zero-order chi connectivity index (χ0) is 13.0. The lowest BCUT2D eigenvalue weighted by Crippen LogP contribution is -2.13. The highest BCUT2D eigenvalue weighted by Crippen LogP contribution is 2.16. The monoisotopic (exact) mass is 266 g/mol. The Morgan fingerprint density at radius 2 is 2.39 bits per heavy atom. The highest BCUT2D eigenvalue weighted by atomic mass is 32.2. The summed E-state index contributed by atoms with van der Waals surface area (Å²) in [5.41, 5.74) is 6.10. The molecule has 2 rings (SSSR count). The van der Waals surface area contributed by atoms with E-state index < -0.39 is 0 Å². The molecule has 0 radical (unpaired) electrons. The Morgan fingerprint density at radius 1 is 1.56 bits per heavy atom. The van der Waals surface area contributed by atoms with Gasteiger partial charge in [-0.05, 0) is 12.1 Å². The molecule has 0 saturated heterocycles. The van der Waals surface area contributed by atoms with Gasteiger partial charge in [-0.2, -0.15) is 0 Å². The maximum atomic E-state index is 11.1. The van der Waals surface area contributed by atoms with Crippen LogP contribution in [0.5, 0.6) is 5.75 Å². The van der Waals surface area contributed by atoms with E-state index in [0.29, 0.717) is 23.2 Å². The smallest absolute Gasteiger partial charge is 0.343 e. The third kappa shape index (κ3) is 3.07. The molecule has 0 fully saturated rings. The molecule has 1 aromatic heterocycles.